The standard InChI is InChI=1S/C20H13F3N2O5S/c1-10(26)30-12-4-2-11(3-5-12)8-15-19(28)25(20(29)31-15)9-16(27)24-14-7-6-13(21)17(22)18(14)23/h2-8H,9H2,1H3,(H,24,27)/b15-8+. The van der Waals surface area contributed by atoms with Gasteiger partial charge in [-0.15, -0.1) is 0 Å². The summed E-state index contributed by atoms with van der Waals surface area (Å²) < 4.78 is 44.8. The Kier molecular flexibility index (Phi) is 6.44. The maximum atomic E-state index is 13.7. The van der Waals surface area contributed by atoms with E-state index in [1.165, 1.54) is 25.1 Å². The number of carbonyl (C=O) groups is 4. The molecule has 0 aliphatic carbocycles. The Morgan fingerprint density at radius 1 is 1.06 bits per heavy atom. The molecule has 0 radical (unpaired) electrons. The number of nitrogens with one attached hydrogen (secondary N) is 1. The van der Waals surface area contributed by atoms with E-state index in [-0.39, 0.29) is 4.91 Å². The monoisotopic (exact) mass is 450 g/mol. The van der Waals surface area contributed by atoms with Gasteiger partial charge in [-0.1, -0.05) is 12.1 Å². The van der Waals surface area contributed by atoms with E-state index in [0.717, 1.165) is 6.07 Å². The first-order chi connectivity index (χ1) is 14.7. The lowest BCUT2D eigenvalue weighted by atomic mass is 10.2. The second kappa shape index (κ2) is 9.04. The Labute approximate surface area is 177 Å². The highest BCUT2D eigenvalue weighted by Crippen LogP contribution is 2.32. The molecule has 1 saturated heterocycles. The number of anilines is 1. The van der Waals surface area contributed by atoms with Gasteiger partial charge in [0, 0.05) is 6.92 Å². The van der Waals surface area contributed by atoms with Crippen molar-refractivity contribution >= 4 is 46.5 Å². The molecule has 1 fully saturated rings. The van der Waals surface area contributed by atoms with Crippen LogP contribution in [-0.2, 0) is 14.4 Å². The van der Waals surface area contributed by atoms with Crippen molar-refractivity contribution < 1.29 is 37.1 Å². The fourth-order valence-electron chi connectivity index (χ4n) is 2.54. The summed E-state index contributed by atoms with van der Waals surface area (Å²) in [7, 11) is 0. The minimum Gasteiger partial charge on any atom is -0.427 e. The van der Waals surface area contributed by atoms with E-state index < -0.39 is 52.7 Å². The predicted octanol–water partition coefficient (Wildman–Crippen LogP) is 3.70. The summed E-state index contributed by atoms with van der Waals surface area (Å²) in [4.78, 5) is 48.3. The largest absolute Gasteiger partial charge is 0.427 e. The number of amides is 3. The first-order valence-corrected chi connectivity index (χ1v) is 9.44. The number of hydrogen-bond donors (Lipinski definition) is 1. The van der Waals surface area contributed by atoms with Crippen molar-refractivity contribution in [2.45, 2.75) is 6.92 Å². The average molecular weight is 450 g/mol. The molecular formula is C20H13F3N2O5S. The Hall–Kier alpha value is -3.60. The molecule has 1 aliphatic rings. The van der Waals surface area contributed by atoms with E-state index in [1.54, 1.807) is 12.1 Å². The maximum Gasteiger partial charge on any atom is 0.308 e. The number of carbonyl (C=O) groups excluding carboxylic acids is 4. The molecule has 3 amide bonds. The summed E-state index contributed by atoms with van der Waals surface area (Å²) in [5.74, 6) is -6.69. The number of esters is 1. The highest BCUT2D eigenvalue weighted by molar-refractivity contribution is 8.18. The third kappa shape index (κ3) is 5.12. The molecule has 11 heteroatoms. The van der Waals surface area contributed by atoms with Crippen molar-refractivity contribution in [3.8, 4) is 5.75 Å². The number of thioether (sulfide) groups is 1. The topological polar surface area (TPSA) is 92.8 Å². The number of hydrogen-bond acceptors (Lipinski definition) is 6. The zero-order chi connectivity index (χ0) is 22.7. The Morgan fingerprint density at radius 2 is 1.74 bits per heavy atom. The second-order valence-corrected chi connectivity index (χ2v) is 7.19. The van der Waals surface area contributed by atoms with Crippen LogP contribution in [0.4, 0.5) is 23.7 Å². The van der Waals surface area contributed by atoms with E-state index in [0.29, 0.717) is 34.0 Å². The van der Waals surface area contributed by atoms with Crippen molar-refractivity contribution in [3.05, 3.63) is 64.3 Å². The Balaban J connectivity index is 1.68. The molecule has 2 aromatic rings. The lowest BCUT2D eigenvalue weighted by Crippen LogP contribution is -2.36. The van der Waals surface area contributed by atoms with Crippen LogP contribution in [0.2, 0.25) is 0 Å². The van der Waals surface area contributed by atoms with E-state index in [2.05, 4.69) is 0 Å². The number of benzene rings is 2. The van der Waals surface area contributed by atoms with Crippen molar-refractivity contribution in [2.24, 2.45) is 0 Å². The summed E-state index contributed by atoms with van der Waals surface area (Å²) in [5, 5.41) is 1.27. The normalized spacial score (nSPS) is 14.8. The fourth-order valence-corrected chi connectivity index (χ4v) is 3.38. The van der Waals surface area contributed by atoms with Gasteiger partial charge in [-0.05, 0) is 47.7 Å². The first kappa shape index (κ1) is 22.1. The molecule has 160 valence electrons. The Morgan fingerprint density at radius 3 is 2.39 bits per heavy atom. The molecule has 0 bridgehead atoms. The van der Waals surface area contributed by atoms with E-state index in [4.69, 9.17) is 4.74 Å². The molecule has 0 unspecified atom stereocenters. The molecule has 0 spiro atoms. The van der Waals surface area contributed by atoms with Gasteiger partial charge in [0.05, 0.1) is 10.6 Å². The summed E-state index contributed by atoms with van der Waals surface area (Å²) in [6.45, 7) is 0.507. The third-order valence-electron chi connectivity index (χ3n) is 3.92. The SMILES string of the molecule is CC(=O)Oc1ccc(/C=C2/SC(=O)N(CC(=O)Nc3ccc(F)c(F)c3F)C2=O)cc1. The summed E-state index contributed by atoms with van der Waals surface area (Å²) in [5.41, 5.74) is -0.0889. The van der Waals surface area contributed by atoms with E-state index >= 15 is 0 Å². The molecule has 1 N–H and O–H groups in total. The van der Waals surface area contributed by atoms with Gasteiger partial charge in [0.15, 0.2) is 17.5 Å². The maximum absolute atomic E-state index is 13.7. The molecule has 0 aromatic heterocycles. The zero-order valence-electron chi connectivity index (χ0n) is 15.8. The fraction of sp³-hybridized carbons (Fsp3) is 0.100. The zero-order valence-corrected chi connectivity index (χ0v) is 16.6. The van der Waals surface area contributed by atoms with Gasteiger partial charge in [0.2, 0.25) is 5.91 Å². The number of halogens is 3. The highest BCUT2D eigenvalue weighted by atomic mass is 32.2. The van der Waals surface area contributed by atoms with Crippen LogP contribution in [0.25, 0.3) is 6.08 Å². The lowest BCUT2D eigenvalue weighted by molar-refractivity contribution is -0.131. The minimum atomic E-state index is -1.76. The number of imide groups is 1. The smallest absolute Gasteiger partial charge is 0.308 e. The van der Waals surface area contributed by atoms with E-state index in [1.807, 2.05) is 5.32 Å². The van der Waals surface area contributed by atoms with Gasteiger partial charge in [0.25, 0.3) is 11.1 Å². The quantitative estimate of drug-likeness (QED) is 0.323. The van der Waals surface area contributed by atoms with Gasteiger partial charge in [-0.25, -0.2) is 13.2 Å². The molecule has 0 atom stereocenters. The number of nitrogens with zero attached hydrogens (tertiary/aromatic N) is 1. The Bertz CT molecular complexity index is 1120. The predicted molar refractivity (Wildman–Crippen MR) is 105 cm³/mol. The minimum absolute atomic E-state index is 0.0389. The lowest BCUT2D eigenvalue weighted by Gasteiger charge is -2.13. The molecule has 0 saturated carbocycles. The van der Waals surface area contributed by atoms with Crippen LogP contribution in [0.1, 0.15) is 12.5 Å². The van der Waals surface area contributed by atoms with Gasteiger partial charge in [-0.2, -0.15) is 0 Å². The van der Waals surface area contributed by atoms with Crippen molar-refractivity contribution in [1.29, 1.82) is 0 Å². The molecule has 1 heterocycles. The summed E-state index contributed by atoms with van der Waals surface area (Å²) >= 11 is 0.597. The molecule has 3 rings (SSSR count). The van der Waals surface area contributed by atoms with Crippen molar-refractivity contribution in [1.82, 2.24) is 4.90 Å². The average Bonchev–Trinajstić information content (AvgIpc) is 2.97. The molecule has 7 nitrogen and oxygen atoms in total. The van der Waals surface area contributed by atoms with Gasteiger partial charge in [-0.3, -0.25) is 24.1 Å². The molecule has 2 aromatic carbocycles. The van der Waals surface area contributed by atoms with Crippen LogP contribution in [0.3, 0.4) is 0 Å². The van der Waals surface area contributed by atoms with Gasteiger partial charge >= 0.3 is 5.97 Å². The van der Waals surface area contributed by atoms with E-state index in [9.17, 15) is 32.3 Å². The van der Waals surface area contributed by atoms with Crippen LogP contribution >= 0.6 is 11.8 Å². The van der Waals surface area contributed by atoms with Crippen molar-refractivity contribution in [3.63, 3.8) is 0 Å². The number of ether oxygens (including phenoxy) is 1. The van der Waals surface area contributed by atoms with Crippen LogP contribution in [0, 0.1) is 17.5 Å². The highest BCUT2D eigenvalue weighted by Gasteiger charge is 2.36. The second-order valence-electron chi connectivity index (χ2n) is 6.20. The third-order valence-corrected chi connectivity index (χ3v) is 4.83. The van der Waals surface area contributed by atoms with Crippen LogP contribution < -0.4 is 10.1 Å². The molecule has 1 aliphatic heterocycles. The van der Waals surface area contributed by atoms with Crippen LogP contribution in [0.15, 0.2) is 41.3 Å². The van der Waals surface area contributed by atoms with Gasteiger partial charge in [0.1, 0.15) is 12.3 Å². The number of rotatable bonds is 5. The molecular weight excluding hydrogens is 437 g/mol. The molecule has 31 heavy (non-hydrogen) atoms. The van der Waals surface area contributed by atoms with Crippen molar-refractivity contribution in [2.75, 3.05) is 11.9 Å². The van der Waals surface area contributed by atoms with Gasteiger partial charge < -0.3 is 10.1 Å². The summed E-state index contributed by atoms with van der Waals surface area (Å²) in [6.07, 6.45) is 1.41. The van der Waals surface area contributed by atoms with Crippen LogP contribution in [0.5, 0.6) is 5.75 Å². The first-order valence-electron chi connectivity index (χ1n) is 8.63. The summed E-state index contributed by atoms with van der Waals surface area (Å²) in [6, 6.07) is 7.57. The van der Waals surface area contributed by atoms with Crippen LogP contribution in [-0.4, -0.2) is 34.5 Å².